The summed E-state index contributed by atoms with van der Waals surface area (Å²) in [5.41, 5.74) is 0.505. The van der Waals surface area contributed by atoms with E-state index in [2.05, 4.69) is 5.32 Å². The summed E-state index contributed by atoms with van der Waals surface area (Å²) in [6, 6.07) is 9.94. The number of esters is 1. The van der Waals surface area contributed by atoms with Crippen LogP contribution in [0.5, 0.6) is 0 Å². The van der Waals surface area contributed by atoms with Crippen LogP contribution in [0.4, 0.5) is 0 Å². The van der Waals surface area contributed by atoms with Crippen LogP contribution in [0, 0.1) is 17.3 Å². The minimum Gasteiger partial charge on any atom is -0.481 e. The Hall–Kier alpha value is -2.41. The number of aliphatic carboxylic acids is 1. The highest BCUT2D eigenvalue weighted by Crippen LogP contribution is 2.45. The maximum absolute atomic E-state index is 13.5. The summed E-state index contributed by atoms with van der Waals surface area (Å²) in [5, 5.41) is 13.1. The second-order valence-electron chi connectivity index (χ2n) is 10.5. The fraction of sp³-hybridized carbons (Fsp3) is 0.690. The van der Waals surface area contributed by atoms with Crippen molar-refractivity contribution in [2.45, 2.75) is 96.6 Å². The number of carbonyl (C=O) groups excluding carboxylic acids is 2. The first-order valence-corrected chi connectivity index (χ1v) is 13.8. The zero-order chi connectivity index (χ0) is 25.8. The lowest BCUT2D eigenvalue weighted by molar-refractivity contribution is -0.150. The minimum absolute atomic E-state index is 0.0213. The van der Waals surface area contributed by atoms with Gasteiger partial charge in [-0.2, -0.15) is 0 Å². The van der Waals surface area contributed by atoms with E-state index >= 15 is 0 Å². The van der Waals surface area contributed by atoms with Gasteiger partial charge in [-0.05, 0) is 63.9 Å². The molecule has 200 valence electrons. The van der Waals surface area contributed by atoms with Crippen LogP contribution in [0.3, 0.4) is 0 Å². The van der Waals surface area contributed by atoms with Crippen molar-refractivity contribution in [1.29, 1.82) is 0 Å². The van der Waals surface area contributed by atoms with E-state index in [0.717, 1.165) is 63.4 Å². The van der Waals surface area contributed by atoms with Crippen LogP contribution in [-0.4, -0.2) is 42.2 Å². The van der Waals surface area contributed by atoms with Gasteiger partial charge in [-0.25, -0.2) is 0 Å². The van der Waals surface area contributed by atoms with Gasteiger partial charge in [-0.15, -0.1) is 0 Å². The van der Waals surface area contributed by atoms with Gasteiger partial charge in [0, 0.05) is 12.6 Å². The van der Waals surface area contributed by atoms with Gasteiger partial charge in [0.15, 0.2) is 0 Å². The van der Waals surface area contributed by atoms with Crippen LogP contribution >= 0.6 is 0 Å². The fourth-order valence-electron chi connectivity index (χ4n) is 5.85. The number of benzene rings is 1. The Morgan fingerprint density at radius 3 is 2.53 bits per heavy atom. The predicted octanol–water partition coefficient (Wildman–Crippen LogP) is 5.26. The standard InChI is InChI=1S/C29H43NO6/c1-2-36-27(33)23-14-10-15-25(19-23)30-28(34)29(16-7-8-17-29)20-24(26(31)32)13-6-9-18-35-21-22-11-4-3-5-12-22/h3-5,11-12,23-25H,2,6-10,13-21H2,1H3,(H,30,34)(H,31,32). The molecule has 7 heteroatoms. The molecule has 36 heavy (non-hydrogen) atoms. The largest absolute Gasteiger partial charge is 0.481 e. The highest BCUT2D eigenvalue weighted by atomic mass is 16.5. The van der Waals surface area contributed by atoms with Gasteiger partial charge in [0.05, 0.1) is 30.5 Å². The van der Waals surface area contributed by atoms with E-state index in [9.17, 15) is 19.5 Å². The molecular formula is C29H43NO6. The topological polar surface area (TPSA) is 102 Å². The maximum atomic E-state index is 13.5. The molecule has 3 unspecified atom stereocenters. The molecule has 2 N–H and O–H groups in total. The van der Waals surface area contributed by atoms with Gasteiger partial charge >= 0.3 is 11.9 Å². The van der Waals surface area contributed by atoms with Crippen molar-refractivity contribution in [1.82, 2.24) is 5.32 Å². The number of carbonyl (C=O) groups is 3. The number of amides is 1. The van der Waals surface area contributed by atoms with E-state index in [1.165, 1.54) is 0 Å². The van der Waals surface area contributed by atoms with Crippen LogP contribution in [-0.2, 0) is 30.5 Å². The molecule has 3 atom stereocenters. The van der Waals surface area contributed by atoms with Gasteiger partial charge < -0.3 is 19.9 Å². The molecule has 7 nitrogen and oxygen atoms in total. The SMILES string of the molecule is CCOC(=O)C1CCCC(NC(=O)C2(CC(CCCCOCc3ccccc3)C(=O)O)CCCC2)C1. The Labute approximate surface area is 215 Å². The Bertz CT molecular complexity index is 835. The lowest BCUT2D eigenvalue weighted by atomic mass is 9.75. The molecule has 2 fully saturated rings. The van der Waals surface area contributed by atoms with E-state index in [1.54, 1.807) is 6.92 Å². The molecule has 2 aliphatic rings. The van der Waals surface area contributed by atoms with E-state index < -0.39 is 17.3 Å². The summed E-state index contributed by atoms with van der Waals surface area (Å²) in [6.45, 7) is 3.33. The van der Waals surface area contributed by atoms with Crippen LogP contribution in [0.15, 0.2) is 30.3 Å². The monoisotopic (exact) mass is 501 g/mol. The third-order valence-electron chi connectivity index (χ3n) is 7.86. The normalized spacial score (nSPS) is 22.0. The average Bonchev–Trinajstić information content (AvgIpc) is 3.36. The molecular weight excluding hydrogens is 458 g/mol. The van der Waals surface area contributed by atoms with Crippen LogP contribution < -0.4 is 5.32 Å². The molecule has 0 spiro atoms. The lowest BCUT2D eigenvalue weighted by Crippen LogP contribution is -2.47. The van der Waals surface area contributed by atoms with E-state index in [1.807, 2.05) is 30.3 Å². The maximum Gasteiger partial charge on any atom is 0.308 e. The zero-order valence-corrected chi connectivity index (χ0v) is 21.7. The van der Waals surface area contributed by atoms with Gasteiger partial charge in [0.1, 0.15) is 0 Å². The third kappa shape index (κ3) is 8.32. The van der Waals surface area contributed by atoms with Gasteiger partial charge in [-0.3, -0.25) is 14.4 Å². The quantitative estimate of drug-likeness (QED) is 0.266. The molecule has 0 radical (unpaired) electrons. The summed E-state index contributed by atoms with van der Waals surface area (Å²) in [7, 11) is 0. The Morgan fingerprint density at radius 1 is 1.08 bits per heavy atom. The Kier molecular flexibility index (Phi) is 11.2. The predicted molar refractivity (Wildman–Crippen MR) is 137 cm³/mol. The molecule has 0 heterocycles. The number of nitrogens with one attached hydrogen (secondary N) is 1. The first kappa shape index (κ1) is 28.2. The van der Waals surface area contributed by atoms with Crippen LogP contribution in [0.25, 0.3) is 0 Å². The number of unbranched alkanes of at least 4 members (excludes halogenated alkanes) is 1. The smallest absolute Gasteiger partial charge is 0.308 e. The zero-order valence-electron chi connectivity index (χ0n) is 21.7. The number of rotatable bonds is 14. The second kappa shape index (κ2) is 14.4. The number of hydrogen-bond acceptors (Lipinski definition) is 5. The number of carboxylic acid groups (broad SMARTS) is 1. The molecule has 0 saturated heterocycles. The molecule has 3 rings (SSSR count). The Balaban J connectivity index is 1.48. The fourth-order valence-corrected chi connectivity index (χ4v) is 5.85. The molecule has 1 aromatic rings. The first-order chi connectivity index (χ1) is 17.4. The lowest BCUT2D eigenvalue weighted by Gasteiger charge is -2.35. The minimum atomic E-state index is -0.820. The van der Waals surface area contributed by atoms with Crippen molar-refractivity contribution < 1.29 is 29.0 Å². The molecule has 2 saturated carbocycles. The molecule has 0 aliphatic heterocycles. The summed E-state index contributed by atoms with van der Waals surface area (Å²) < 4.78 is 10.9. The van der Waals surface area contributed by atoms with Crippen molar-refractivity contribution in [2.24, 2.45) is 17.3 Å². The summed E-state index contributed by atoms with van der Waals surface area (Å²) in [6.07, 6.45) is 8.98. The van der Waals surface area contributed by atoms with Crippen molar-refractivity contribution in [3.05, 3.63) is 35.9 Å². The number of carboxylic acids is 1. The summed E-state index contributed by atoms with van der Waals surface area (Å²) in [4.78, 5) is 37.8. The molecule has 2 aliphatic carbocycles. The summed E-state index contributed by atoms with van der Waals surface area (Å²) in [5.74, 6) is -1.72. The number of hydrogen-bond donors (Lipinski definition) is 2. The molecule has 1 amide bonds. The van der Waals surface area contributed by atoms with Crippen LogP contribution in [0.2, 0.25) is 0 Å². The average molecular weight is 502 g/mol. The summed E-state index contributed by atoms with van der Waals surface area (Å²) >= 11 is 0. The second-order valence-corrected chi connectivity index (χ2v) is 10.5. The highest BCUT2D eigenvalue weighted by molar-refractivity contribution is 5.84. The number of ether oxygens (including phenoxy) is 2. The van der Waals surface area contributed by atoms with E-state index in [-0.39, 0.29) is 23.8 Å². The van der Waals surface area contributed by atoms with Gasteiger partial charge in [0.2, 0.25) is 5.91 Å². The molecule has 0 aromatic heterocycles. The van der Waals surface area contributed by atoms with E-state index in [0.29, 0.717) is 39.1 Å². The van der Waals surface area contributed by atoms with Crippen molar-refractivity contribution in [3.8, 4) is 0 Å². The van der Waals surface area contributed by atoms with Gasteiger partial charge in [-0.1, -0.05) is 56.0 Å². The highest BCUT2D eigenvalue weighted by Gasteiger charge is 2.45. The van der Waals surface area contributed by atoms with Crippen molar-refractivity contribution in [2.75, 3.05) is 13.2 Å². The van der Waals surface area contributed by atoms with Crippen molar-refractivity contribution in [3.63, 3.8) is 0 Å². The Morgan fingerprint density at radius 2 is 1.83 bits per heavy atom. The van der Waals surface area contributed by atoms with Crippen LogP contribution in [0.1, 0.15) is 89.5 Å². The molecule has 1 aromatic carbocycles. The van der Waals surface area contributed by atoms with Gasteiger partial charge in [0.25, 0.3) is 0 Å². The first-order valence-electron chi connectivity index (χ1n) is 13.8. The van der Waals surface area contributed by atoms with E-state index in [4.69, 9.17) is 9.47 Å². The molecule has 0 bridgehead atoms. The van der Waals surface area contributed by atoms with Crippen molar-refractivity contribution >= 4 is 17.8 Å². The third-order valence-corrected chi connectivity index (χ3v) is 7.86.